The molecule has 0 aromatic heterocycles. The van der Waals surface area contributed by atoms with Gasteiger partial charge < -0.3 is 9.47 Å². The minimum Gasteiger partial charge on any atom is -0.475 e. The van der Waals surface area contributed by atoms with Crippen molar-refractivity contribution in [3.05, 3.63) is 12.0 Å². The van der Waals surface area contributed by atoms with Crippen LogP contribution in [0.5, 0.6) is 0 Å². The first-order chi connectivity index (χ1) is 7.20. The van der Waals surface area contributed by atoms with Gasteiger partial charge in [-0.05, 0) is 13.8 Å². The van der Waals surface area contributed by atoms with Crippen molar-refractivity contribution in [2.45, 2.75) is 32.4 Å². The van der Waals surface area contributed by atoms with Gasteiger partial charge in [0.25, 0.3) is 0 Å². The number of nitrogens with zero attached hydrogens (tertiary/aromatic N) is 1. The molecule has 0 radical (unpaired) electrons. The molecule has 0 aromatic carbocycles. The molecule has 0 aliphatic carbocycles. The highest BCUT2D eigenvalue weighted by Crippen LogP contribution is 2.22. The Hall–Kier alpha value is -1.23. The van der Waals surface area contributed by atoms with Crippen LogP contribution in [0.4, 0.5) is 0 Å². The number of fused-ring (bicyclic) bond motifs is 1. The first kappa shape index (κ1) is 10.3. The van der Waals surface area contributed by atoms with Gasteiger partial charge in [-0.15, -0.1) is 0 Å². The summed E-state index contributed by atoms with van der Waals surface area (Å²) in [6.45, 7) is 5.09. The Morgan fingerprint density at radius 2 is 2.60 bits per heavy atom. The molecule has 0 amide bonds. The zero-order valence-corrected chi connectivity index (χ0v) is 9.03. The van der Waals surface area contributed by atoms with Crippen LogP contribution in [0.15, 0.2) is 12.0 Å². The standard InChI is InChI=1S/C10H16N2O3/c1-3-14-10(13)8-6-9-12(11-8)5-4-7(2)15-9/h6-8,11H,3-5H2,1-2H3. The van der Waals surface area contributed by atoms with E-state index >= 15 is 0 Å². The van der Waals surface area contributed by atoms with Crippen molar-refractivity contribution >= 4 is 5.97 Å². The van der Waals surface area contributed by atoms with Gasteiger partial charge >= 0.3 is 5.97 Å². The van der Waals surface area contributed by atoms with Crippen LogP contribution in [0.1, 0.15) is 20.3 Å². The third kappa shape index (κ3) is 2.07. The van der Waals surface area contributed by atoms with Crippen LogP contribution in [-0.4, -0.2) is 36.3 Å². The zero-order chi connectivity index (χ0) is 10.8. The summed E-state index contributed by atoms with van der Waals surface area (Å²) in [6.07, 6.45) is 2.95. The Morgan fingerprint density at radius 3 is 3.33 bits per heavy atom. The Kier molecular flexibility index (Phi) is 2.81. The molecular formula is C10H16N2O3. The van der Waals surface area contributed by atoms with Crippen molar-refractivity contribution < 1.29 is 14.3 Å². The molecule has 84 valence electrons. The average Bonchev–Trinajstić information content (AvgIpc) is 2.60. The first-order valence-corrected chi connectivity index (χ1v) is 5.29. The third-order valence-electron chi connectivity index (χ3n) is 2.49. The zero-order valence-electron chi connectivity index (χ0n) is 9.03. The minimum atomic E-state index is -0.398. The second kappa shape index (κ2) is 4.10. The lowest BCUT2D eigenvalue weighted by Gasteiger charge is -2.31. The number of carbonyl (C=O) groups is 1. The topological polar surface area (TPSA) is 50.8 Å². The Balaban J connectivity index is 1.99. The molecule has 0 bridgehead atoms. The molecule has 0 saturated carbocycles. The van der Waals surface area contributed by atoms with Crippen LogP contribution in [-0.2, 0) is 14.3 Å². The Labute approximate surface area is 89.0 Å². The summed E-state index contributed by atoms with van der Waals surface area (Å²) in [5.74, 6) is 0.488. The van der Waals surface area contributed by atoms with E-state index in [1.54, 1.807) is 13.0 Å². The number of hydrogen-bond donors (Lipinski definition) is 1. The van der Waals surface area contributed by atoms with Crippen LogP contribution in [0.2, 0.25) is 0 Å². The molecular weight excluding hydrogens is 196 g/mol. The van der Waals surface area contributed by atoms with Crippen LogP contribution >= 0.6 is 0 Å². The first-order valence-electron chi connectivity index (χ1n) is 5.29. The number of carbonyl (C=O) groups excluding carboxylic acids is 1. The highest BCUT2D eigenvalue weighted by Gasteiger charge is 2.33. The summed E-state index contributed by atoms with van der Waals surface area (Å²) < 4.78 is 10.5. The SMILES string of the molecule is CCOC(=O)C1C=C2OC(C)CCN2N1. The average molecular weight is 212 g/mol. The third-order valence-corrected chi connectivity index (χ3v) is 2.49. The van der Waals surface area contributed by atoms with Gasteiger partial charge in [-0.25, -0.2) is 10.2 Å². The number of ether oxygens (including phenoxy) is 2. The van der Waals surface area contributed by atoms with Crippen LogP contribution in [0.25, 0.3) is 0 Å². The maximum absolute atomic E-state index is 11.5. The van der Waals surface area contributed by atoms with E-state index in [-0.39, 0.29) is 12.1 Å². The second-order valence-electron chi connectivity index (χ2n) is 3.73. The fraction of sp³-hybridized carbons (Fsp3) is 0.700. The predicted molar refractivity (Wildman–Crippen MR) is 53.5 cm³/mol. The van der Waals surface area contributed by atoms with Crippen molar-refractivity contribution in [2.24, 2.45) is 0 Å². The number of hydrazine groups is 1. The molecule has 1 N–H and O–H groups in total. The van der Waals surface area contributed by atoms with Crippen LogP contribution in [0.3, 0.4) is 0 Å². The summed E-state index contributed by atoms with van der Waals surface area (Å²) in [5.41, 5.74) is 3.04. The molecule has 2 heterocycles. The summed E-state index contributed by atoms with van der Waals surface area (Å²) >= 11 is 0. The van der Waals surface area contributed by atoms with Crippen molar-refractivity contribution in [1.82, 2.24) is 10.4 Å². The van der Waals surface area contributed by atoms with Gasteiger partial charge in [0.1, 0.15) is 6.04 Å². The maximum Gasteiger partial charge on any atom is 0.329 e. The normalized spacial score (nSPS) is 29.2. The largest absolute Gasteiger partial charge is 0.475 e. The highest BCUT2D eigenvalue weighted by molar-refractivity contribution is 5.78. The van der Waals surface area contributed by atoms with Gasteiger partial charge in [0.15, 0.2) is 0 Å². The Morgan fingerprint density at radius 1 is 1.80 bits per heavy atom. The van der Waals surface area contributed by atoms with Crippen molar-refractivity contribution in [2.75, 3.05) is 13.2 Å². The summed E-state index contributed by atoms with van der Waals surface area (Å²) in [6, 6.07) is -0.398. The lowest BCUT2D eigenvalue weighted by Crippen LogP contribution is -2.45. The molecule has 2 aliphatic heterocycles. The smallest absolute Gasteiger partial charge is 0.329 e. The maximum atomic E-state index is 11.5. The van der Waals surface area contributed by atoms with E-state index in [9.17, 15) is 4.79 Å². The van der Waals surface area contributed by atoms with E-state index in [1.807, 2.05) is 11.9 Å². The monoisotopic (exact) mass is 212 g/mol. The molecule has 5 nitrogen and oxygen atoms in total. The fourth-order valence-corrected chi connectivity index (χ4v) is 1.71. The summed E-state index contributed by atoms with van der Waals surface area (Å²) in [4.78, 5) is 11.5. The Bertz CT molecular complexity index is 290. The molecule has 1 saturated heterocycles. The molecule has 0 spiro atoms. The molecule has 15 heavy (non-hydrogen) atoms. The van der Waals surface area contributed by atoms with E-state index in [2.05, 4.69) is 5.43 Å². The number of hydrogen-bond acceptors (Lipinski definition) is 5. The number of rotatable bonds is 2. The van der Waals surface area contributed by atoms with Crippen molar-refractivity contribution in [3.8, 4) is 0 Å². The van der Waals surface area contributed by atoms with Gasteiger partial charge in [-0.1, -0.05) is 0 Å². The second-order valence-corrected chi connectivity index (χ2v) is 3.73. The predicted octanol–water partition coefficient (Wildman–Crippen LogP) is 0.388. The molecule has 2 aliphatic rings. The van der Waals surface area contributed by atoms with E-state index < -0.39 is 6.04 Å². The van der Waals surface area contributed by atoms with Gasteiger partial charge in [-0.3, -0.25) is 5.01 Å². The van der Waals surface area contributed by atoms with E-state index in [0.29, 0.717) is 6.61 Å². The number of nitrogens with one attached hydrogen (secondary N) is 1. The fourth-order valence-electron chi connectivity index (χ4n) is 1.71. The van der Waals surface area contributed by atoms with E-state index in [1.165, 1.54) is 0 Å². The summed E-state index contributed by atoms with van der Waals surface area (Å²) in [7, 11) is 0. The van der Waals surface area contributed by atoms with Gasteiger partial charge in [0.2, 0.25) is 5.88 Å². The lowest BCUT2D eigenvalue weighted by atomic mass is 10.2. The highest BCUT2D eigenvalue weighted by atomic mass is 16.5. The minimum absolute atomic E-state index is 0.218. The molecule has 2 rings (SSSR count). The van der Waals surface area contributed by atoms with Crippen LogP contribution in [0, 0.1) is 0 Å². The molecule has 1 fully saturated rings. The summed E-state index contributed by atoms with van der Waals surface area (Å²) in [5, 5.41) is 1.86. The van der Waals surface area contributed by atoms with Crippen molar-refractivity contribution in [3.63, 3.8) is 0 Å². The van der Waals surface area contributed by atoms with Gasteiger partial charge in [0.05, 0.1) is 12.7 Å². The number of esters is 1. The molecule has 2 unspecified atom stereocenters. The molecule has 5 heteroatoms. The van der Waals surface area contributed by atoms with E-state index in [0.717, 1.165) is 18.8 Å². The quantitative estimate of drug-likeness (QED) is 0.671. The molecule has 2 atom stereocenters. The molecule has 0 aromatic rings. The van der Waals surface area contributed by atoms with Crippen LogP contribution < -0.4 is 5.43 Å². The lowest BCUT2D eigenvalue weighted by molar-refractivity contribution is -0.145. The van der Waals surface area contributed by atoms with Crippen molar-refractivity contribution in [1.29, 1.82) is 0 Å². The van der Waals surface area contributed by atoms with Gasteiger partial charge in [0, 0.05) is 19.0 Å². The van der Waals surface area contributed by atoms with Gasteiger partial charge in [-0.2, -0.15) is 0 Å². The van der Waals surface area contributed by atoms with E-state index in [4.69, 9.17) is 9.47 Å².